The van der Waals surface area contributed by atoms with Crippen LogP contribution in [0.3, 0.4) is 0 Å². The summed E-state index contributed by atoms with van der Waals surface area (Å²) in [6.45, 7) is 4.77. The van der Waals surface area contributed by atoms with E-state index in [0.29, 0.717) is 6.42 Å². The highest BCUT2D eigenvalue weighted by atomic mass is 16.5. The molecule has 0 spiro atoms. The maximum Gasteiger partial charge on any atom is 0.224 e. The molecule has 0 bridgehead atoms. The van der Waals surface area contributed by atoms with Crippen LogP contribution in [0.5, 0.6) is 0 Å². The van der Waals surface area contributed by atoms with E-state index in [-0.39, 0.29) is 5.91 Å². The molecule has 2 N–H and O–H groups in total. The van der Waals surface area contributed by atoms with Crippen molar-refractivity contribution < 1.29 is 9.53 Å². The van der Waals surface area contributed by atoms with Crippen LogP contribution < -0.4 is 5.32 Å². The predicted octanol–water partition coefficient (Wildman–Crippen LogP) is 2.61. The van der Waals surface area contributed by atoms with E-state index in [9.17, 15) is 4.79 Å². The van der Waals surface area contributed by atoms with Crippen LogP contribution in [0, 0.1) is 0 Å². The Bertz CT molecular complexity index is 617. The molecule has 1 aliphatic heterocycles. The van der Waals surface area contributed by atoms with Crippen LogP contribution in [-0.2, 0) is 9.53 Å². The Hall–Kier alpha value is -1.85. The van der Waals surface area contributed by atoms with Crippen LogP contribution in [0.2, 0.25) is 0 Å². The molecule has 1 saturated heterocycles. The lowest BCUT2D eigenvalue weighted by atomic mass is 10.2. The van der Waals surface area contributed by atoms with Crippen LogP contribution in [0.25, 0.3) is 10.9 Å². The van der Waals surface area contributed by atoms with E-state index < -0.39 is 0 Å². The maximum absolute atomic E-state index is 12.0. The molecule has 2 aromatic rings. The summed E-state index contributed by atoms with van der Waals surface area (Å²) in [4.78, 5) is 17.5. The third kappa shape index (κ3) is 4.08. The number of amides is 1. The Labute approximate surface area is 130 Å². The molecular formula is C17H23N3O2. The number of aromatic amines is 1. The predicted molar refractivity (Wildman–Crippen MR) is 88.0 cm³/mol. The third-order valence-corrected chi connectivity index (χ3v) is 4.07. The minimum atomic E-state index is 0.0943. The van der Waals surface area contributed by atoms with Gasteiger partial charge in [0.05, 0.1) is 13.2 Å². The molecule has 22 heavy (non-hydrogen) atoms. The number of unbranched alkanes of at least 4 members (excludes halogenated alkanes) is 1. The molecule has 118 valence electrons. The highest BCUT2D eigenvalue weighted by molar-refractivity contribution is 5.93. The standard InChI is InChI=1S/C17H23N3O2/c21-17(3-1-2-8-20-9-11-22-12-10-20)19-15-4-5-16-14(13-15)6-7-18-16/h4-7,13,18H,1-3,8-12H2,(H,19,21). The minimum Gasteiger partial charge on any atom is -0.379 e. The van der Waals surface area contributed by atoms with Gasteiger partial charge in [0.15, 0.2) is 0 Å². The van der Waals surface area contributed by atoms with E-state index in [4.69, 9.17) is 4.74 Å². The number of morpholine rings is 1. The number of H-pyrrole nitrogens is 1. The van der Waals surface area contributed by atoms with E-state index in [1.807, 2.05) is 30.5 Å². The number of hydrogen-bond donors (Lipinski definition) is 2. The number of hydrogen-bond acceptors (Lipinski definition) is 3. The van der Waals surface area contributed by atoms with Crippen molar-refractivity contribution in [3.05, 3.63) is 30.5 Å². The molecule has 5 heteroatoms. The molecule has 0 unspecified atom stereocenters. The van der Waals surface area contributed by atoms with Crippen molar-refractivity contribution in [1.82, 2.24) is 9.88 Å². The minimum absolute atomic E-state index is 0.0943. The van der Waals surface area contributed by atoms with Crippen molar-refractivity contribution in [2.45, 2.75) is 19.3 Å². The van der Waals surface area contributed by atoms with Crippen molar-refractivity contribution in [1.29, 1.82) is 0 Å². The van der Waals surface area contributed by atoms with Crippen molar-refractivity contribution in [3.63, 3.8) is 0 Å². The van der Waals surface area contributed by atoms with E-state index in [2.05, 4.69) is 15.2 Å². The van der Waals surface area contributed by atoms with Gasteiger partial charge in [-0.3, -0.25) is 9.69 Å². The molecular weight excluding hydrogens is 278 g/mol. The van der Waals surface area contributed by atoms with Gasteiger partial charge in [-0.25, -0.2) is 0 Å². The Balaban J connectivity index is 1.38. The summed E-state index contributed by atoms with van der Waals surface area (Å²) in [5.41, 5.74) is 1.95. The van der Waals surface area contributed by atoms with Gasteiger partial charge in [-0.1, -0.05) is 0 Å². The van der Waals surface area contributed by atoms with Gasteiger partial charge in [0, 0.05) is 42.3 Å². The quantitative estimate of drug-likeness (QED) is 0.806. The number of carbonyl (C=O) groups excluding carboxylic acids is 1. The molecule has 1 amide bonds. The Kier molecular flexibility index (Phi) is 5.08. The van der Waals surface area contributed by atoms with Gasteiger partial charge in [-0.05, 0) is 43.7 Å². The Morgan fingerprint density at radius 3 is 2.95 bits per heavy atom. The normalized spacial score (nSPS) is 16.0. The molecule has 1 aliphatic rings. The number of nitrogens with zero attached hydrogens (tertiary/aromatic N) is 1. The number of carbonyl (C=O) groups is 1. The van der Waals surface area contributed by atoms with Crippen LogP contribution in [-0.4, -0.2) is 48.6 Å². The van der Waals surface area contributed by atoms with E-state index in [1.165, 1.54) is 0 Å². The van der Waals surface area contributed by atoms with Crippen LogP contribution in [0.4, 0.5) is 5.69 Å². The van der Waals surface area contributed by atoms with Gasteiger partial charge in [-0.15, -0.1) is 0 Å². The molecule has 2 heterocycles. The van der Waals surface area contributed by atoms with E-state index in [1.54, 1.807) is 0 Å². The van der Waals surface area contributed by atoms with Gasteiger partial charge in [0.25, 0.3) is 0 Å². The summed E-state index contributed by atoms with van der Waals surface area (Å²) in [6, 6.07) is 7.93. The molecule has 0 radical (unpaired) electrons. The van der Waals surface area contributed by atoms with Gasteiger partial charge in [0.1, 0.15) is 0 Å². The highest BCUT2D eigenvalue weighted by Gasteiger charge is 2.10. The number of rotatable bonds is 6. The molecule has 1 aromatic carbocycles. The third-order valence-electron chi connectivity index (χ3n) is 4.07. The lowest BCUT2D eigenvalue weighted by Gasteiger charge is -2.26. The molecule has 1 fully saturated rings. The van der Waals surface area contributed by atoms with Crippen molar-refractivity contribution in [3.8, 4) is 0 Å². The second kappa shape index (κ2) is 7.42. The van der Waals surface area contributed by atoms with Crippen LogP contribution >= 0.6 is 0 Å². The van der Waals surface area contributed by atoms with Gasteiger partial charge in [0.2, 0.25) is 5.91 Å². The number of benzene rings is 1. The van der Waals surface area contributed by atoms with Gasteiger partial charge >= 0.3 is 0 Å². The zero-order chi connectivity index (χ0) is 15.2. The van der Waals surface area contributed by atoms with Crippen LogP contribution in [0.15, 0.2) is 30.5 Å². The number of ether oxygens (including phenoxy) is 1. The topological polar surface area (TPSA) is 57.4 Å². The van der Waals surface area contributed by atoms with Crippen molar-refractivity contribution in [2.75, 3.05) is 38.2 Å². The fourth-order valence-electron chi connectivity index (χ4n) is 2.80. The number of fused-ring (bicyclic) bond motifs is 1. The first-order valence-corrected chi connectivity index (χ1v) is 7.98. The zero-order valence-corrected chi connectivity index (χ0v) is 12.8. The summed E-state index contributed by atoms with van der Waals surface area (Å²) in [7, 11) is 0. The highest BCUT2D eigenvalue weighted by Crippen LogP contribution is 2.18. The summed E-state index contributed by atoms with van der Waals surface area (Å²) in [5.74, 6) is 0.0943. The number of anilines is 1. The molecule has 0 aliphatic carbocycles. The monoisotopic (exact) mass is 301 g/mol. The van der Waals surface area contributed by atoms with Crippen molar-refractivity contribution >= 4 is 22.5 Å². The average molecular weight is 301 g/mol. The number of aromatic nitrogens is 1. The van der Waals surface area contributed by atoms with Gasteiger partial charge < -0.3 is 15.0 Å². The molecule has 3 rings (SSSR count). The second-order valence-electron chi connectivity index (χ2n) is 5.74. The Morgan fingerprint density at radius 2 is 2.09 bits per heavy atom. The second-order valence-corrected chi connectivity index (χ2v) is 5.74. The summed E-state index contributed by atoms with van der Waals surface area (Å²) >= 11 is 0. The van der Waals surface area contributed by atoms with Gasteiger partial charge in [-0.2, -0.15) is 0 Å². The Morgan fingerprint density at radius 1 is 1.23 bits per heavy atom. The summed E-state index contributed by atoms with van der Waals surface area (Å²) < 4.78 is 5.33. The lowest BCUT2D eigenvalue weighted by molar-refractivity contribution is -0.116. The first-order chi connectivity index (χ1) is 10.8. The number of nitrogens with one attached hydrogen (secondary N) is 2. The summed E-state index contributed by atoms with van der Waals surface area (Å²) in [5, 5.41) is 4.09. The first-order valence-electron chi connectivity index (χ1n) is 7.98. The first kappa shape index (κ1) is 15.1. The smallest absolute Gasteiger partial charge is 0.224 e. The van der Waals surface area contributed by atoms with E-state index >= 15 is 0 Å². The lowest BCUT2D eigenvalue weighted by Crippen LogP contribution is -2.36. The van der Waals surface area contributed by atoms with Crippen LogP contribution in [0.1, 0.15) is 19.3 Å². The fourth-order valence-corrected chi connectivity index (χ4v) is 2.80. The van der Waals surface area contributed by atoms with Crippen molar-refractivity contribution in [2.24, 2.45) is 0 Å². The average Bonchev–Trinajstić information content (AvgIpc) is 3.00. The maximum atomic E-state index is 12.0. The molecule has 1 aromatic heterocycles. The fraction of sp³-hybridized carbons (Fsp3) is 0.471. The van der Waals surface area contributed by atoms with E-state index in [0.717, 1.165) is 62.3 Å². The zero-order valence-electron chi connectivity index (χ0n) is 12.8. The largest absolute Gasteiger partial charge is 0.379 e. The molecule has 0 atom stereocenters. The molecule has 0 saturated carbocycles. The molecule has 5 nitrogen and oxygen atoms in total. The SMILES string of the molecule is O=C(CCCCN1CCOCC1)Nc1ccc2[nH]ccc2c1. The summed E-state index contributed by atoms with van der Waals surface area (Å²) in [6.07, 6.45) is 4.47.